The normalized spacial score (nSPS) is 12.2. The van der Waals surface area contributed by atoms with E-state index in [0.717, 1.165) is 22.4 Å². The van der Waals surface area contributed by atoms with Crippen molar-refractivity contribution in [3.05, 3.63) is 60.0 Å². The van der Waals surface area contributed by atoms with Gasteiger partial charge in [0, 0.05) is 17.2 Å². The number of nitrogens with zero attached hydrogens (tertiary/aromatic N) is 1. The van der Waals surface area contributed by atoms with E-state index in [-0.39, 0.29) is 0 Å². The topological polar surface area (TPSA) is 30.0 Å². The Bertz CT molecular complexity index is 750. The summed E-state index contributed by atoms with van der Waals surface area (Å²) in [6, 6.07) is 18.4. The second kappa shape index (κ2) is 5.69. The Morgan fingerprint density at radius 3 is 2.25 bits per heavy atom. The summed E-state index contributed by atoms with van der Waals surface area (Å²) >= 11 is 1.45. The minimum Gasteiger partial charge on any atom is -0.252 e. The number of aromatic nitrogens is 1. The molecule has 3 aromatic rings. The fraction of sp³-hybridized carbons (Fsp3) is 0.0625. The van der Waals surface area contributed by atoms with Crippen molar-refractivity contribution in [1.29, 1.82) is 0 Å². The van der Waals surface area contributed by atoms with Crippen LogP contribution in [-0.4, -0.2) is 15.4 Å². The van der Waals surface area contributed by atoms with Gasteiger partial charge in [-0.25, -0.2) is 4.98 Å². The molecule has 0 radical (unpaired) electrons. The van der Waals surface area contributed by atoms with Crippen molar-refractivity contribution in [3.8, 4) is 22.4 Å². The van der Waals surface area contributed by atoms with Crippen molar-refractivity contribution in [1.82, 2.24) is 4.98 Å². The van der Waals surface area contributed by atoms with Crippen LogP contribution < -0.4 is 0 Å². The first-order chi connectivity index (χ1) is 9.75. The molecule has 3 rings (SSSR count). The number of hydrogen-bond acceptors (Lipinski definition) is 3. The molecular formula is C16H13NOS2. The van der Waals surface area contributed by atoms with Gasteiger partial charge in [-0.2, -0.15) is 0 Å². The lowest BCUT2D eigenvalue weighted by molar-refractivity contribution is 0.686. The third-order valence-electron chi connectivity index (χ3n) is 3.02. The molecule has 1 unspecified atom stereocenters. The molecule has 2 aromatic carbocycles. The highest BCUT2D eigenvalue weighted by Gasteiger charge is 2.11. The molecule has 1 aromatic heterocycles. The van der Waals surface area contributed by atoms with Crippen LogP contribution in [0.5, 0.6) is 0 Å². The zero-order valence-corrected chi connectivity index (χ0v) is 12.6. The quantitative estimate of drug-likeness (QED) is 0.725. The first kappa shape index (κ1) is 13.2. The monoisotopic (exact) mass is 299 g/mol. The van der Waals surface area contributed by atoms with Gasteiger partial charge in [0.25, 0.3) is 0 Å². The van der Waals surface area contributed by atoms with Crippen LogP contribution in [0, 0.1) is 0 Å². The Balaban J connectivity index is 2.12. The average molecular weight is 299 g/mol. The van der Waals surface area contributed by atoms with E-state index < -0.39 is 10.8 Å². The van der Waals surface area contributed by atoms with Gasteiger partial charge >= 0.3 is 0 Å². The molecule has 0 amide bonds. The van der Waals surface area contributed by atoms with Gasteiger partial charge in [-0.3, -0.25) is 4.21 Å². The molecule has 20 heavy (non-hydrogen) atoms. The lowest BCUT2D eigenvalue weighted by Gasteiger charge is -2.07. The molecule has 1 heterocycles. The molecule has 0 saturated heterocycles. The van der Waals surface area contributed by atoms with Crippen molar-refractivity contribution in [3.63, 3.8) is 0 Å². The van der Waals surface area contributed by atoms with Crippen LogP contribution in [0.4, 0.5) is 0 Å². The summed E-state index contributed by atoms with van der Waals surface area (Å²) in [5, 5.41) is 1.97. The van der Waals surface area contributed by atoms with Gasteiger partial charge < -0.3 is 0 Å². The second-order valence-corrected chi connectivity index (χ2v) is 6.78. The van der Waals surface area contributed by atoms with Crippen LogP contribution in [0.1, 0.15) is 0 Å². The summed E-state index contributed by atoms with van der Waals surface area (Å²) < 4.78 is 12.2. The van der Waals surface area contributed by atoms with Crippen molar-refractivity contribution >= 4 is 22.1 Å². The number of hydrogen-bond donors (Lipinski definition) is 0. The van der Waals surface area contributed by atoms with Crippen LogP contribution >= 0.6 is 11.3 Å². The van der Waals surface area contributed by atoms with Crippen LogP contribution in [0.25, 0.3) is 22.4 Å². The Hall–Kier alpha value is -1.78. The maximum absolute atomic E-state index is 11.5. The van der Waals surface area contributed by atoms with Crippen LogP contribution in [0.15, 0.2) is 64.3 Å². The lowest BCUT2D eigenvalue weighted by atomic mass is 9.98. The van der Waals surface area contributed by atoms with Crippen LogP contribution in [0.2, 0.25) is 0 Å². The molecule has 2 nitrogen and oxygen atoms in total. The Morgan fingerprint density at radius 2 is 1.60 bits per heavy atom. The highest BCUT2D eigenvalue weighted by Crippen LogP contribution is 2.32. The predicted octanol–water partition coefficient (Wildman–Crippen LogP) is 4.21. The SMILES string of the molecule is CS(=O)c1nc(-c2ccccc2-c2ccccc2)cs1. The summed E-state index contributed by atoms with van der Waals surface area (Å²) in [5.74, 6) is 0. The molecule has 0 aliphatic rings. The minimum atomic E-state index is -1.03. The lowest BCUT2D eigenvalue weighted by Crippen LogP contribution is -1.88. The van der Waals surface area contributed by atoms with E-state index in [4.69, 9.17) is 0 Å². The van der Waals surface area contributed by atoms with Crippen LogP contribution in [-0.2, 0) is 10.8 Å². The van der Waals surface area contributed by atoms with E-state index in [1.807, 2.05) is 35.7 Å². The van der Waals surface area contributed by atoms with E-state index in [2.05, 4.69) is 29.2 Å². The summed E-state index contributed by atoms with van der Waals surface area (Å²) in [6.45, 7) is 0. The Kier molecular flexibility index (Phi) is 3.76. The first-order valence-electron chi connectivity index (χ1n) is 6.19. The largest absolute Gasteiger partial charge is 0.252 e. The molecule has 0 aliphatic heterocycles. The number of benzene rings is 2. The van der Waals surface area contributed by atoms with Gasteiger partial charge in [0.2, 0.25) is 0 Å². The van der Waals surface area contributed by atoms with Gasteiger partial charge in [0.15, 0.2) is 4.34 Å². The minimum absolute atomic E-state index is 0.669. The van der Waals surface area contributed by atoms with E-state index in [1.54, 1.807) is 6.26 Å². The first-order valence-corrected chi connectivity index (χ1v) is 8.63. The van der Waals surface area contributed by atoms with Gasteiger partial charge in [-0.1, -0.05) is 54.6 Å². The zero-order valence-electron chi connectivity index (χ0n) is 10.9. The number of rotatable bonds is 3. The second-order valence-electron chi connectivity index (χ2n) is 4.36. The van der Waals surface area contributed by atoms with E-state index in [1.165, 1.54) is 11.3 Å². The van der Waals surface area contributed by atoms with E-state index >= 15 is 0 Å². The smallest absolute Gasteiger partial charge is 0.180 e. The fourth-order valence-electron chi connectivity index (χ4n) is 2.09. The molecule has 0 aliphatic carbocycles. The van der Waals surface area contributed by atoms with Crippen molar-refractivity contribution < 1.29 is 4.21 Å². The third kappa shape index (κ3) is 2.57. The number of thiazole rings is 1. The zero-order chi connectivity index (χ0) is 13.9. The molecule has 4 heteroatoms. The average Bonchev–Trinajstić information content (AvgIpc) is 2.98. The molecule has 0 spiro atoms. The van der Waals surface area contributed by atoms with Crippen molar-refractivity contribution in [2.24, 2.45) is 0 Å². The Labute approximate surface area is 124 Å². The predicted molar refractivity (Wildman–Crippen MR) is 85.3 cm³/mol. The summed E-state index contributed by atoms with van der Waals surface area (Å²) in [4.78, 5) is 4.48. The molecule has 0 saturated carbocycles. The summed E-state index contributed by atoms with van der Waals surface area (Å²) in [5.41, 5.74) is 4.27. The van der Waals surface area contributed by atoms with E-state index in [9.17, 15) is 4.21 Å². The maximum Gasteiger partial charge on any atom is 0.180 e. The highest BCUT2D eigenvalue weighted by molar-refractivity contribution is 7.86. The highest BCUT2D eigenvalue weighted by atomic mass is 32.2. The third-order valence-corrected chi connectivity index (χ3v) is 5.23. The van der Waals surface area contributed by atoms with Gasteiger partial charge in [0.05, 0.1) is 16.5 Å². The fourth-order valence-corrected chi connectivity index (χ4v) is 3.55. The molecule has 0 fully saturated rings. The summed E-state index contributed by atoms with van der Waals surface area (Å²) in [6.07, 6.45) is 1.66. The maximum atomic E-state index is 11.5. The van der Waals surface area contributed by atoms with Crippen LogP contribution in [0.3, 0.4) is 0 Å². The van der Waals surface area contributed by atoms with Gasteiger partial charge in [-0.15, -0.1) is 11.3 Å². The molecule has 100 valence electrons. The molecule has 0 N–H and O–H groups in total. The van der Waals surface area contributed by atoms with Gasteiger partial charge in [-0.05, 0) is 11.1 Å². The molecular weight excluding hydrogens is 286 g/mol. The van der Waals surface area contributed by atoms with Crippen molar-refractivity contribution in [2.45, 2.75) is 4.34 Å². The summed E-state index contributed by atoms with van der Waals surface area (Å²) in [7, 11) is -1.03. The molecule has 1 atom stereocenters. The van der Waals surface area contributed by atoms with E-state index in [0.29, 0.717) is 4.34 Å². The Morgan fingerprint density at radius 1 is 0.950 bits per heavy atom. The van der Waals surface area contributed by atoms with Crippen molar-refractivity contribution in [2.75, 3.05) is 6.26 Å². The standard InChI is InChI=1S/C16H13NOS2/c1-20(18)16-17-15(11-19-16)14-10-6-5-9-13(14)12-7-3-2-4-8-12/h2-11H,1H3. The van der Waals surface area contributed by atoms with Gasteiger partial charge in [0.1, 0.15) is 0 Å². The molecule has 0 bridgehead atoms.